The molecular weight excluding hydrogens is 248 g/mol. The summed E-state index contributed by atoms with van der Waals surface area (Å²) in [6, 6.07) is 7.39. The number of likely N-dealkylation sites (N-methyl/N-ethyl adjacent to an activating group) is 1. The quantitative estimate of drug-likeness (QED) is 0.743. The molecule has 0 fully saturated rings. The van der Waals surface area contributed by atoms with E-state index in [1.54, 1.807) is 14.2 Å². The Bertz CT molecular complexity index is 448. The van der Waals surface area contributed by atoms with Gasteiger partial charge in [0.05, 0.1) is 20.2 Å². The van der Waals surface area contributed by atoms with E-state index in [9.17, 15) is 9.59 Å². The van der Waals surface area contributed by atoms with Crippen molar-refractivity contribution in [2.24, 2.45) is 0 Å². The summed E-state index contributed by atoms with van der Waals surface area (Å²) in [5.41, 5.74) is 0.874. The van der Waals surface area contributed by atoms with Gasteiger partial charge in [-0.2, -0.15) is 0 Å². The molecule has 19 heavy (non-hydrogen) atoms. The fourth-order valence-corrected chi connectivity index (χ4v) is 1.63. The van der Waals surface area contributed by atoms with Gasteiger partial charge in [-0.1, -0.05) is 18.2 Å². The van der Waals surface area contributed by atoms with Crippen LogP contribution < -0.4 is 10.1 Å². The van der Waals surface area contributed by atoms with Crippen LogP contribution in [-0.4, -0.2) is 49.1 Å². The molecule has 1 amide bonds. The third-order valence-electron chi connectivity index (χ3n) is 2.49. The summed E-state index contributed by atoms with van der Waals surface area (Å²) in [5.74, 6) is -0.476. The second-order valence-corrected chi connectivity index (χ2v) is 4.15. The van der Waals surface area contributed by atoms with Gasteiger partial charge in [0.2, 0.25) is 5.91 Å². The molecule has 0 atom stereocenters. The lowest BCUT2D eigenvalue weighted by Crippen LogP contribution is -2.37. The predicted molar refractivity (Wildman–Crippen MR) is 70.0 cm³/mol. The lowest BCUT2D eigenvalue weighted by atomic mass is 10.2. The van der Waals surface area contributed by atoms with Crippen LogP contribution in [0.3, 0.4) is 0 Å². The average molecular weight is 266 g/mol. The Hall–Kier alpha value is -2.08. The van der Waals surface area contributed by atoms with E-state index in [1.165, 1.54) is 4.90 Å². The summed E-state index contributed by atoms with van der Waals surface area (Å²) in [6.45, 7) is 0.229. The average Bonchev–Trinajstić information content (AvgIpc) is 2.35. The summed E-state index contributed by atoms with van der Waals surface area (Å²) >= 11 is 0. The Labute approximate surface area is 112 Å². The van der Waals surface area contributed by atoms with Crippen molar-refractivity contribution in [3.05, 3.63) is 29.8 Å². The number of nitrogens with one attached hydrogen (secondary N) is 1. The number of amides is 1. The number of hydrogen-bond acceptors (Lipinski definition) is 4. The maximum absolute atomic E-state index is 11.6. The smallest absolute Gasteiger partial charge is 0.317 e. The first-order chi connectivity index (χ1) is 9.02. The molecule has 2 N–H and O–H groups in total. The summed E-state index contributed by atoms with van der Waals surface area (Å²) in [6.07, 6.45) is 0. The third kappa shape index (κ3) is 5.39. The third-order valence-corrected chi connectivity index (χ3v) is 2.49. The van der Waals surface area contributed by atoms with E-state index in [-0.39, 0.29) is 19.0 Å². The molecule has 0 aliphatic rings. The fourth-order valence-electron chi connectivity index (χ4n) is 1.63. The number of carboxylic acids is 1. The molecule has 0 aliphatic heterocycles. The molecule has 0 bridgehead atoms. The van der Waals surface area contributed by atoms with Gasteiger partial charge < -0.3 is 15.2 Å². The highest BCUT2D eigenvalue weighted by Crippen LogP contribution is 2.16. The highest BCUT2D eigenvalue weighted by Gasteiger charge is 2.10. The van der Waals surface area contributed by atoms with Crippen LogP contribution >= 0.6 is 0 Å². The molecule has 0 heterocycles. The summed E-state index contributed by atoms with van der Waals surface area (Å²) < 4.78 is 5.17. The van der Waals surface area contributed by atoms with Gasteiger partial charge in [-0.3, -0.25) is 14.5 Å². The molecule has 1 rings (SSSR count). The van der Waals surface area contributed by atoms with Crippen LogP contribution in [-0.2, 0) is 16.1 Å². The van der Waals surface area contributed by atoms with Crippen molar-refractivity contribution in [1.29, 1.82) is 0 Å². The lowest BCUT2D eigenvalue weighted by molar-refractivity contribution is -0.138. The van der Waals surface area contributed by atoms with E-state index in [0.717, 1.165) is 5.56 Å². The van der Waals surface area contributed by atoms with E-state index in [4.69, 9.17) is 9.84 Å². The number of carboxylic acid groups (broad SMARTS) is 1. The van der Waals surface area contributed by atoms with E-state index >= 15 is 0 Å². The SMILES string of the molecule is COc1ccccc1CNC(=O)CN(C)CC(=O)O. The fraction of sp³-hybridized carbons (Fsp3) is 0.385. The minimum Gasteiger partial charge on any atom is -0.496 e. The second-order valence-electron chi connectivity index (χ2n) is 4.15. The first-order valence-corrected chi connectivity index (χ1v) is 5.82. The van der Waals surface area contributed by atoms with Gasteiger partial charge in [-0.05, 0) is 13.1 Å². The van der Waals surface area contributed by atoms with Crippen LogP contribution in [0.4, 0.5) is 0 Å². The molecule has 0 radical (unpaired) electrons. The molecule has 0 aliphatic carbocycles. The topological polar surface area (TPSA) is 78.9 Å². The van der Waals surface area contributed by atoms with Crippen molar-refractivity contribution in [3.63, 3.8) is 0 Å². The molecule has 0 unspecified atom stereocenters. The van der Waals surface area contributed by atoms with Crippen LogP contribution in [0.25, 0.3) is 0 Å². The van der Waals surface area contributed by atoms with Crippen molar-refractivity contribution < 1.29 is 19.4 Å². The van der Waals surface area contributed by atoms with E-state index < -0.39 is 5.97 Å². The van der Waals surface area contributed by atoms with Crippen LogP contribution in [0.1, 0.15) is 5.56 Å². The number of methoxy groups -OCH3 is 1. The number of rotatable bonds is 7. The van der Waals surface area contributed by atoms with Crippen LogP contribution in [0.5, 0.6) is 5.75 Å². The van der Waals surface area contributed by atoms with E-state index in [1.807, 2.05) is 24.3 Å². The van der Waals surface area contributed by atoms with Gasteiger partial charge in [0, 0.05) is 12.1 Å². The van der Waals surface area contributed by atoms with Crippen LogP contribution in [0.15, 0.2) is 24.3 Å². The van der Waals surface area contributed by atoms with Gasteiger partial charge in [0.1, 0.15) is 5.75 Å². The van der Waals surface area contributed by atoms with Crippen LogP contribution in [0.2, 0.25) is 0 Å². The molecule has 1 aromatic carbocycles. The zero-order valence-corrected chi connectivity index (χ0v) is 11.0. The van der Waals surface area contributed by atoms with Crippen molar-refractivity contribution in [3.8, 4) is 5.75 Å². The molecule has 6 nitrogen and oxygen atoms in total. The second kappa shape index (κ2) is 7.38. The maximum atomic E-state index is 11.6. The monoisotopic (exact) mass is 266 g/mol. The number of hydrogen-bond donors (Lipinski definition) is 2. The highest BCUT2D eigenvalue weighted by atomic mass is 16.5. The summed E-state index contributed by atoms with van der Waals surface area (Å²) in [5, 5.41) is 11.3. The zero-order valence-electron chi connectivity index (χ0n) is 11.0. The van der Waals surface area contributed by atoms with Crippen molar-refractivity contribution in [2.45, 2.75) is 6.54 Å². The summed E-state index contributed by atoms with van der Waals surface area (Å²) in [4.78, 5) is 23.5. The minimum atomic E-state index is -0.958. The summed E-state index contributed by atoms with van der Waals surface area (Å²) in [7, 11) is 3.15. The van der Waals surface area contributed by atoms with Gasteiger partial charge >= 0.3 is 5.97 Å². The highest BCUT2D eigenvalue weighted by molar-refractivity contribution is 5.79. The minimum absolute atomic E-state index is 0.0431. The Morgan fingerprint density at radius 3 is 2.63 bits per heavy atom. The Kier molecular flexibility index (Phi) is 5.81. The standard InChI is InChI=1S/C13H18N2O4/c1-15(9-13(17)18)8-12(16)14-7-10-5-3-4-6-11(10)19-2/h3-6H,7-9H2,1-2H3,(H,14,16)(H,17,18). The lowest BCUT2D eigenvalue weighted by Gasteiger charge is -2.14. The number of nitrogens with zero attached hydrogens (tertiary/aromatic N) is 1. The first-order valence-electron chi connectivity index (χ1n) is 5.82. The van der Waals surface area contributed by atoms with Crippen molar-refractivity contribution in [2.75, 3.05) is 27.2 Å². The molecule has 0 saturated heterocycles. The molecule has 104 valence electrons. The van der Waals surface area contributed by atoms with Crippen molar-refractivity contribution >= 4 is 11.9 Å². The molecule has 0 aromatic heterocycles. The molecular formula is C13H18N2O4. The number of ether oxygens (including phenoxy) is 1. The Balaban J connectivity index is 2.43. The Morgan fingerprint density at radius 1 is 1.32 bits per heavy atom. The number of carbonyl (C=O) groups is 2. The van der Waals surface area contributed by atoms with Crippen LogP contribution in [0, 0.1) is 0 Å². The molecule has 1 aromatic rings. The van der Waals surface area contributed by atoms with Gasteiger partial charge in [-0.25, -0.2) is 0 Å². The van der Waals surface area contributed by atoms with Gasteiger partial charge in [-0.15, -0.1) is 0 Å². The molecule has 6 heteroatoms. The van der Waals surface area contributed by atoms with Gasteiger partial charge in [0.15, 0.2) is 0 Å². The first kappa shape index (κ1) is 15.0. The number of aliphatic carboxylic acids is 1. The zero-order chi connectivity index (χ0) is 14.3. The maximum Gasteiger partial charge on any atom is 0.317 e. The van der Waals surface area contributed by atoms with Crippen molar-refractivity contribution in [1.82, 2.24) is 10.2 Å². The van der Waals surface area contributed by atoms with E-state index in [0.29, 0.717) is 12.3 Å². The molecule has 0 saturated carbocycles. The predicted octanol–water partition coefficient (Wildman–Crippen LogP) is 0.328. The molecule has 0 spiro atoms. The number of carbonyl (C=O) groups excluding carboxylic acids is 1. The largest absolute Gasteiger partial charge is 0.496 e. The van der Waals surface area contributed by atoms with Gasteiger partial charge in [0.25, 0.3) is 0 Å². The van der Waals surface area contributed by atoms with E-state index in [2.05, 4.69) is 5.32 Å². The normalized spacial score (nSPS) is 10.3. The Morgan fingerprint density at radius 2 is 2.00 bits per heavy atom. The number of benzene rings is 1. The number of para-hydroxylation sites is 1.